The van der Waals surface area contributed by atoms with Crippen LogP contribution in [-0.4, -0.2) is 4.98 Å². The molecule has 0 radical (unpaired) electrons. The second kappa shape index (κ2) is 5.12. The maximum atomic E-state index is 9.05. The Morgan fingerprint density at radius 3 is 2.67 bits per heavy atom. The Bertz CT molecular complexity index is 914. The van der Waals surface area contributed by atoms with Gasteiger partial charge < -0.3 is 11.1 Å². The molecule has 5 nitrogen and oxygen atoms in total. The fourth-order valence-corrected chi connectivity index (χ4v) is 2.72. The van der Waals surface area contributed by atoms with E-state index in [-0.39, 0.29) is 0 Å². The minimum atomic E-state index is 0.329. The molecule has 0 aliphatic rings. The van der Waals surface area contributed by atoms with Crippen LogP contribution in [-0.2, 0) is 0 Å². The number of hydrogen-bond acceptors (Lipinski definition) is 6. The molecule has 3 aromatic rings. The summed E-state index contributed by atoms with van der Waals surface area (Å²) < 4.78 is 1.02. The van der Waals surface area contributed by atoms with Crippen LogP contribution in [0, 0.1) is 22.7 Å². The Balaban J connectivity index is 2.01. The minimum absolute atomic E-state index is 0.329. The molecule has 0 fully saturated rings. The van der Waals surface area contributed by atoms with Gasteiger partial charge >= 0.3 is 0 Å². The van der Waals surface area contributed by atoms with Crippen molar-refractivity contribution in [2.24, 2.45) is 0 Å². The van der Waals surface area contributed by atoms with Gasteiger partial charge in [-0.25, -0.2) is 4.98 Å². The third-order valence-electron chi connectivity index (χ3n) is 3.08. The van der Waals surface area contributed by atoms with E-state index in [1.165, 1.54) is 11.3 Å². The van der Waals surface area contributed by atoms with Gasteiger partial charge in [0.1, 0.15) is 17.7 Å². The molecule has 0 saturated carbocycles. The zero-order chi connectivity index (χ0) is 14.8. The summed E-state index contributed by atoms with van der Waals surface area (Å²) in [5.41, 5.74) is 11.3. The molecule has 3 N–H and O–H groups in total. The minimum Gasteiger partial charge on any atom is -0.395 e. The van der Waals surface area contributed by atoms with E-state index in [4.69, 9.17) is 16.3 Å². The Morgan fingerprint density at radius 1 is 1.10 bits per heavy atom. The lowest BCUT2D eigenvalue weighted by atomic mass is 10.1. The number of nitrogen functional groups attached to an aromatic ring is 1. The van der Waals surface area contributed by atoms with Crippen LogP contribution in [0.3, 0.4) is 0 Å². The van der Waals surface area contributed by atoms with Gasteiger partial charge in [0.2, 0.25) is 0 Å². The van der Waals surface area contributed by atoms with Gasteiger partial charge in [0, 0.05) is 5.69 Å². The molecule has 0 saturated heterocycles. The van der Waals surface area contributed by atoms with Crippen LogP contribution in [0.25, 0.3) is 10.2 Å². The number of fused-ring (bicyclic) bond motifs is 1. The summed E-state index contributed by atoms with van der Waals surface area (Å²) in [6.07, 6.45) is 0. The molecule has 0 unspecified atom stereocenters. The molecule has 0 bridgehead atoms. The predicted molar refractivity (Wildman–Crippen MR) is 83.2 cm³/mol. The van der Waals surface area contributed by atoms with E-state index in [2.05, 4.69) is 10.3 Å². The second-order valence-electron chi connectivity index (χ2n) is 4.33. The fraction of sp³-hybridized carbons (Fsp3) is 0. The van der Waals surface area contributed by atoms with Crippen molar-refractivity contribution in [1.82, 2.24) is 4.98 Å². The van der Waals surface area contributed by atoms with E-state index in [0.717, 1.165) is 15.9 Å². The van der Waals surface area contributed by atoms with Gasteiger partial charge in [-0.3, -0.25) is 0 Å². The Morgan fingerprint density at radius 2 is 1.90 bits per heavy atom. The maximum Gasteiger partial charge on any atom is 0.106 e. The smallest absolute Gasteiger partial charge is 0.106 e. The summed E-state index contributed by atoms with van der Waals surface area (Å²) in [5.74, 6) is 0. The second-order valence-corrected chi connectivity index (χ2v) is 5.22. The lowest BCUT2D eigenvalue weighted by Gasteiger charge is -2.10. The monoisotopic (exact) mass is 291 g/mol. The molecule has 0 amide bonds. The third kappa shape index (κ3) is 2.25. The highest BCUT2D eigenvalue weighted by Crippen LogP contribution is 2.32. The molecule has 21 heavy (non-hydrogen) atoms. The number of nitriles is 2. The van der Waals surface area contributed by atoms with E-state index >= 15 is 0 Å². The van der Waals surface area contributed by atoms with Crippen molar-refractivity contribution in [3.63, 3.8) is 0 Å². The van der Waals surface area contributed by atoms with Crippen molar-refractivity contribution in [2.75, 3.05) is 11.1 Å². The number of aromatic nitrogens is 1. The van der Waals surface area contributed by atoms with Crippen molar-refractivity contribution in [2.45, 2.75) is 0 Å². The molecule has 0 spiro atoms. The SMILES string of the molecule is N#Cc1ccc(Nc2ccc3scnc3c2N)cc1C#N. The molecule has 100 valence electrons. The van der Waals surface area contributed by atoms with E-state index in [1.807, 2.05) is 24.3 Å². The van der Waals surface area contributed by atoms with Crippen molar-refractivity contribution in [3.8, 4) is 12.1 Å². The first kappa shape index (κ1) is 12.9. The average molecular weight is 291 g/mol. The number of rotatable bonds is 2. The van der Waals surface area contributed by atoms with Gasteiger partial charge in [0.15, 0.2) is 0 Å². The standard InChI is InChI=1S/C15H9N5S/c16-6-9-1-2-11(5-10(9)7-17)20-12-3-4-13-15(14(12)18)19-8-21-13/h1-5,8,20H,18H2. The molecule has 0 aliphatic carbocycles. The first-order valence-electron chi connectivity index (χ1n) is 6.06. The molecule has 1 heterocycles. The van der Waals surface area contributed by atoms with Crippen LogP contribution in [0.5, 0.6) is 0 Å². The van der Waals surface area contributed by atoms with Crippen LogP contribution in [0.4, 0.5) is 17.1 Å². The number of benzene rings is 2. The summed E-state index contributed by atoms with van der Waals surface area (Å²) in [6.45, 7) is 0. The highest BCUT2D eigenvalue weighted by molar-refractivity contribution is 7.16. The number of anilines is 3. The lowest BCUT2D eigenvalue weighted by Crippen LogP contribution is -1.98. The molecule has 6 heteroatoms. The van der Waals surface area contributed by atoms with Gasteiger partial charge in [-0.2, -0.15) is 10.5 Å². The van der Waals surface area contributed by atoms with Gasteiger partial charge in [-0.05, 0) is 30.3 Å². The molecule has 3 rings (SSSR count). The molecular formula is C15H9N5S. The highest BCUT2D eigenvalue weighted by Gasteiger charge is 2.08. The fourth-order valence-electron chi connectivity index (χ4n) is 2.03. The maximum absolute atomic E-state index is 9.05. The summed E-state index contributed by atoms with van der Waals surface area (Å²) in [6, 6.07) is 12.8. The molecule has 2 aromatic carbocycles. The Labute approximate surface area is 124 Å². The Hall–Kier alpha value is -3.09. The summed E-state index contributed by atoms with van der Waals surface area (Å²) in [4.78, 5) is 4.24. The molecule has 1 aromatic heterocycles. The average Bonchev–Trinajstić information content (AvgIpc) is 2.99. The van der Waals surface area contributed by atoms with Crippen LogP contribution < -0.4 is 11.1 Å². The topological polar surface area (TPSA) is 98.5 Å². The van der Waals surface area contributed by atoms with Crippen LogP contribution in [0.15, 0.2) is 35.8 Å². The number of nitrogens with two attached hydrogens (primary N) is 1. The van der Waals surface area contributed by atoms with E-state index in [0.29, 0.717) is 22.5 Å². The molecule has 0 atom stereocenters. The number of thiazole rings is 1. The largest absolute Gasteiger partial charge is 0.395 e. The van der Waals surface area contributed by atoms with Crippen LogP contribution >= 0.6 is 11.3 Å². The van der Waals surface area contributed by atoms with Gasteiger partial charge in [0.25, 0.3) is 0 Å². The van der Waals surface area contributed by atoms with Crippen molar-refractivity contribution >= 4 is 38.6 Å². The number of hydrogen-bond donors (Lipinski definition) is 2. The van der Waals surface area contributed by atoms with E-state index < -0.39 is 0 Å². The zero-order valence-electron chi connectivity index (χ0n) is 10.8. The number of nitrogens with zero attached hydrogens (tertiary/aromatic N) is 3. The van der Waals surface area contributed by atoms with Crippen LogP contribution in [0.1, 0.15) is 11.1 Å². The van der Waals surface area contributed by atoms with Gasteiger partial charge in [-0.1, -0.05) is 0 Å². The predicted octanol–water partition coefficient (Wildman–Crippen LogP) is 3.37. The Kier molecular flexibility index (Phi) is 3.15. The quantitative estimate of drug-likeness (QED) is 0.705. The van der Waals surface area contributed by atoms with Crippen molar-refractivity contribution in [1.29, 1.82) is 10.5 Å². The first-order chi connectivity index (χ1) is 10.2. The van der Waals surface area contributed by atoms with E-state index in [9.17, 15) is 0 Å². The highest BCUT2D eigenvalue weighted by atomic mass is 32.1. The first-order valence-corrected chi connectivity index (χ1v) is 6.94. The zero-order valence-corrected chi connectivity index (χ0v) is 11.6. The third-order valence-corrected chi connectivity index (χ3v) is 3.88. The number of nitrogens with one attached hydrogen (secondary N) is 1. The lowest BCUT2D eigenvalue weighted by molar-refractivity contribution is 1.42. The van der Waals surface area contributed by atoms with Gasteiger partial charge in [0.05, 0.1) is 32.7 Å². The van der Waals surface area contributed by atoms with Crippen LogP contribution in [0.2, 0.25) is 0 Å². The normalized spacial score (nSPS) is 10.0. The summed E-state index contributed by atoms with van der Waals surface area (Å²) >= 11 is 1.53. The summed E-state index contributed by atoms with van der Waals surface area (Å²) in [5, 5.41) is 21.1. The molecule has 0 aliphatic heterocycles. The summed E-state index contributed by atoms with van der Waals surface area (Å²) in [7, 11) is 0. The van der Waals surface area contributed by atoms with E-state index in [1.54, 1.807) is 23.7 Å². The van der Waals surface area contributed by atoms with Gasteiger partial charge in [-0.15, -0.1) is 11.3 Å². The van der Waals surface area contributed by atoms with Crippen molar-refractivity contribution < 1.29 is 0 Å². The molecular weight excluding hydrogens is 282 g/mol. The van der Waals surface area contributed by atoms with Crippen molar-refractivity contribution in [3.05, 3.63) is 47.0 Å².